The Morgan fingerprint density at radius 3 is 2.71 bits per heavy atom. The lowest BCUT2D eigenvalue weighted by Gasteiger charge is -2.26. The van der Waals surface area contributed by atoms with E-state index in [0.717, 1.165) is 12.3 Å². The Bertz CT molecular complexity index is 278. The van der Waals surface area contributed by atoms with E-state index in [1.165, 1.54) is 32.6 Å². The van der Waals surface area contributed by atoms with Crippen molar-refractivity contribution in [1.82, 2.24) is 5.32 Å². The van der Waals surface area contributed by atoms with Crippen molar-refractivity contribution in [3.05, 3.63) is 0 Å². The van der Waals surface area contributed by atoms with E-state index in [1.54, 1.807) is 0 Å². The van der Waals surface area contributed by atoms with Gasteiger partial charge in [-0.15, -0.1) is 0 Å². The molecule has 1 aliphatic rings. The number of hydrogen-bond donors (Lipinski definition) is 2. The molecule has 0 aromatic carbocycles. The second-order valence-electron chi connectivity index (χ2n) is 5.28. The lowest BCUT2D eigenvalue weighted by Crippen LogP contribution is -2.35. The molecule has 1 aliphatic carbocycles. The molecule has 4 nitrogen and oxygen atoms in total. The summed E-state index contributed by atoms with van der Waals surface area (Å²) in [7, 11) is 0. The average molecular weight is 241 g/mol. The van der Waals surface area contributed by atoms with Gasteiger partial charge in [0.25, 0.3) is 0 Å². The van der Waals surface area contributed by atoms with Crippen molar-refractivity contribution >= 4 is 11.9 Å². The summed E-state index contributed by atoms with van der Waals surface area (Å²) in [6.45, 7) is 4.30. The van der Waals surface area contributed by atoms with Gasteiger partial charge < -0.3 is 10.4 Å². The van der Waals surface area contributed by atoms with Crippen molar-refractivity contribution in [3.8, 4) is 0 Å². The molecule has 3 unspecified atom stereocenters. The molecule has 2 N–H and O–H groups in total. The summed E-state index contributed by atoms with van der Waals surface area (Å²) >= 11 is 0. The second kappa shape index (κ2) is 6.62. The normalized spacial score (nSPS) is 26.2. The monoisotopic (exact) mass is 241 g/mol. The molecule has 17 heavy (non-hydrogen) atoms. The third-order valence-electron chi connectivity index (χ3n) is 3.66. The van der Waals surface area contributed by atoms with Crippen LogP contribution < -0.4 is 5.32 Å². The summed E-state index contributed by atoms with van der Waals surface area (Å²) in [4.78, 5) is 22.0. The van der Waals surface area contributed by atoms with Crippen molar-refractivity contribution in [1.29, 1.82) is 0 Å². The largest absolute Gasteiger partial charge is 0.481 e. The zero-order valence-electron chi connectivity index (χ0n) is 10.7. The predicted octanol–water partition coefficient (Wildman–Crippen LogP) is 2.04. The van der Waals surface area contributed by atoms with Crippen LogP contribution in [-0.2, 0) is 9.59 Å². The van der Waals surface area contributed by atoms with Crippen LogP contribution >= 0.6 is 0 Å². The molecule has 4 heteroatoms. The number of aliphatic carboxylic acids is 1. The van der Waals surface area contributed by atoms with E-state index in [1.807, 2.05) is 0 Å². The van der Waals surface area contributed by atoms with Crippen LogP contribution in [0.25, 0.3) is 0 Å². The highest BCUT2D eigenvalue weighted by Gasteiger charge is 2.21. The molecule has 1 amide bonds. The molecule has 1 rings (SSSR count). The summed E-state index contributed by atoms with van der Waals surface area (Å²) in [6.07, 6.45) is 6.06. The fourth-order valence-corrected chi connectivity index (χ4v) is 2.49. The number of carboxylic acid groups (broad SMARTS) is 1. The van der Waals surface area contributed by atoms with Crippen LogP contribution in [-0.4, -0.2) is 23.5 Å². The maximum Gasteiger partial charge on any atom is 0.315 e. The smallest absolute Gasteiger partial charge is 0.315 e. The average Bonchev–Trinajstić information content (AvgIpc) is 2.27. The second-order valence-corrected chi connectivity index (χ2v) is 5.28. The van der Waals surface area contributed by atoms with Crippen LogP contribution in [0, 0.1) is 17.8 Å². The molecule has 0 aliphatic heterocycles. The molecule has 0 spiro atoms. The highest BCUT2D eigenvalue weighted by molar-refractivity contribution is 5.96. The zero-order valence-corrected chi connectivity index (χ0v) is 10.7. The van der Waals surface area contributed by atoms with Crippen molar-refractivity contribution < 1.29 is 14.7 Å². The molecule has 0 radical (unpaired) electrons. The van der Waals surface area contributed by atoms with Gasteiger partial charge in [-0.25, -0.2) is 0 Å². The number of carbonyl (C=O) groups excluding carboxylic acids is 1. The first-order chi connectivity index (χ1) is 8.00. The predicted molar refractivity (Wildman–Crippen MR) is 65.5 cm³/mol. The molecular formula is C13H23NO3. The molecule has 1 fully saturated rings. The topological polar surface area (TPSA) is 66.4 Å². The number of amides is 1. The van der Waals surface area contributed by atoms with Gasteiger partial charge in [-0.3, -0.25) is 9.59 Å². The minimum Gasteiger partial charge on any atom is -0.481 e. The lowest BCUT2D eigenvalue weighted by molar-refractivity contribution is -0.146. The SMILES string of the molecule is CC1CCCC(CCNC(=O)C(C)C(=O)O)C1. The third kappa shape index (κ3) is 4.75. The van der Waals surface area contributed by atoms with Gasteiger partial charge in [0, 0.05) is 6.54 Å². The Morgan fingerprint density at radius 1 is 1.41 bits per heavy atom. The van der Waals surface area contributed by atoms with E-state index in [2.05, 4.69) is 12.2 Å². The Balaban J connectivity index is 2.19. The molecule has 98 valence electrons. The molecule has 0 aromatic heterocycles. The molecule has 0 saturated heterocycles. The maximum atomic E-state index is 11.4. The first-order valence-corrected chi connectivity index (χ1v) is 6.51. The summed E-state index contributed by atoms with van der Waals surface area (Å²) in [5.41, 5.74) is 0. The number of nitrogens with one attached hydrogen (secondary N) is 1. The van der Waals surface area contributed by atoms with Crippen molar-refractivity contribution in [2.75, 3.05) is 6.54 Å². The van der Waals surface area contributed by atoms with E-state index < -0.39 is 11.9 Å². The highest BCUT2D eigenvalue weighted by Crippen LogP contribution is 2.30. The Kier molecular flexibility index (Phi) is 5.45. The standard InChI is InChI=1S/C13H23NO3/c1-9-4-3-5-11(8-9)6-7-14-12(15)10(2)13(16)17/h9-11H,3-8H2,1-2H3,(H,14,15)(H,16,17). The molecule has 0 aromatic rings. The molecule has 0 heterocycles. The van der Waals surface area contributed by atoms with Gasteiger partial charge in [-0.05, 0) is 31.6 Å². The fraction of sp³-hybridized carbons (Fsp3) is 0.846. The number of hydrogen-bond acceptors (Lipinski definition) is 2. The number of rotatable bonds is 5. The highest BCUT2D eigenvalue weighted by atomic mass is 16.4. The van der Waals surface area contributed by atoms with Gasteiger partial charge in [0.15, 0.2) is 0 Å². The van der Waals surface area contributed by atoms with E-state index in [4.69, 9.17) is 5.11 Å². The molecule has 0 bridgehead atoms. The summed E-state index contributed by atoms with van der Waals surface area (Å²) in [5.74, 6) is -0.892. The van der Waals surface area contributed by atoms with Crippen molar-refractivity contribution in [2.45, 2.75) is 46.0 Å². The van der Waals surface area contributed by atoms with Crippen LogP contribution in [0.3, 0.4) is 0 Å². The van der Waals surface area contributed by atoms with E-state index in [0.29, 0.717) is 12.5 Å². The summed E-state index contributed by atoms with van der Waals surface area (Å²) in [6, 6.07) is 0. The third-order valence-corrected chi connectivity index (χ3v) is 3.66. The Labute approximate surface area is 103 Å². The molecule has 3 atom stereocenters. The fourth-order valence-electron chi connectivity index (χ4n) is 2.49. The van der Waals surface area contributed by atoms with Gasteiger partial charge in [-0.1, -0.05) is 26.2 Å². The minimum atomic E-state index is -1.06. The molecular weight excluding hydrogens is 218 g/mol. The van der Waals surface area contributed by atoms with Crippen LogP contribution in [0.4, 0.5) is 0 Å². The first-order valence-electron chi connectivity index (χ1n) is 6.51. The number of carbonyl (C=O) groups is 2. The minimum absolute atomic E-state index is 0.374. The Hall–Kier alpha value is -1.06. The van der Waals surface area contributed by atoms with E-state index in [-0.39, 0.29) is 5.91 Å². The van der Waals surface area contributed by atoms with Crippen LogP contribution in [0.2, 0.25) is 0 Å². The van der Waals surface area contributed by atoms with Gasteiger partial charge in [0.1, 0.15) is 5.92 Å². The quantitative estimate of drug-likeness (QED) is 0.724. The van der Waals surface area contributed by atoms with Crippen molar-refractivity contribution in [2.24, 2.45) is 17.8 Å². The maximum absolute atomic E-state index is 11.4. The van der Waals surface area contributed by atoms with Gasteiger partial charge in [-0.2, -0.15) is 0 Å². The van der Waals surface area contributed by atoms with Crippen molar-refractivity contribution in [3.63, 3.8) is 0 Å². The van der Waals surface area contributed by atoms with Crippen LogP contribution in [0.15, 0.2) is 0 Å². The lowest BCUT2D eigenvalue weighted by atomic mass is 9.81. The van der Waals surface area contributed by atoms with Gasteiger partial charge >= 0.3 is 5.97 Å². The number of carboxylic acids is 1. The van der Waals surface area contributed by atoms with Crippen LogP contribution in [0.1, 0.15) is 46.0 Å². The Morgan fingerprint density at radius 2 is 2.12 bits per heavy atom. The zero-order chi connectivity index (χ0) is 12.8. The molecule has 1 saturated carbocycles. The van der Waals surface area contributed by atoms with E-state index in [9.17, 15) is 9.59 Å². The van der Waals surface area contributed by atoms with Crippen LogP contribution in [0.5, 0.6) is 0 Å². The van der Waals surface area contributed by atoms with Gasteiger partial charge in [0.2, 0.25) is 5.91 Å². The van der Waals surface area contributed by atoms with E-state index >= 15 is 0 Å². The summed E-state index contributed by atoms with van der Waals surface area (Å²) in [5, 5.41) is 11.4. The first kappa shape index (κ1) is 14.0. The van der Waals surface area contributed by atoms with Gasteiger partial charge in [0.05, 0.1) is 0 Å². The summed E-state index contributed by atoms with van der Waals surface area (Å²) < 4.78 is 0.